The topological polar surface area (TPSA) is 12.0 Å². The molecule has 1 aliphatic heterocycles. The maximum atomic E-state index is 3.44. The Morgan fingerprint density at radius 1 is 1.18 bits per heavy atom. The number of nitrogens with one attached hydrogen (secondary N) is 1. The summed E-state index contributed by atoms with van der Waals surface area (Å²) in [6.45, 7) is 7.63. The zero-order chi connectivity index (χ0) is 8.32. The van der Waals surface area contributed by atoms with Gasteiger partial charge in [0.25, 0.3) is 0 Å². The minimum atomic E-state index is 0.764. The third-order valence-corrected chi connectivity index (χ3v) is 3.28. The molecule has 2 rings (SSSR count). The van der Waals surface area contributed by atoms with Crippen LogP contribution in [0.1, 0.15) is 46.5 Å². The molecule has 0 amide bonds. The van der Waals surface area contributed by atoms with E-state index >= 15 is 0 Å². The van der Waals surface area contributed by atoms with Gasteiger partial charge in [0.1, 0.15) is 0 Å². The lowest BCUT2D eigenvalue weighted by molar-refractivity contribution is 0.103. The number of hydrogen-bond acceptors (Lipinski definition) is 1. The molecule has 0 aromatic heterocycles. The summed E-state index contributed by atoms with van der Waals surface area (Å²) in [5, 5.41) is 3.44. The van der Waals surface area contributed by atoms with E-state index in [-0.39, 0.29) is 0 Å². The summed E-state index contributed by atoms with van der Waals surface area (Å²) >= 11 is 0. The van der Waals surface area contributed by atoms with Crippen molar-refractivity contribution in [1.29, 1.82) is 0 Å². The summed E-state index contributed by atoms with van der Waals surface area (Å²) in [5.74, 6) is 0. The van der Waals surface area contributed by atoms with Gasteiger partial charge in [-0.1, -0.05) is 26.7 Å². The van der Waals surface area contributed by atoms with Crippen LogP contribution in [-0.2, 0) is 0 Å². The van der Waals surface area contributed by atoms with Crippen LogP contribution >= 0.6 is 0 Å². The van der Waals surface area contributed by atoms with Crippen molar-refractivity contribution >= 4 is 0 Å². The minimum absolute atomic E-state index is 0.764. The molecule has 2 aliphatic rings. The van der Waals surface area contributed by atoms with Gasteiger partial charge >= 0.3 is 0 Å². The van der Waals surface area contributed by atoms with Crippen molar-refractivity contribution in [2.75, 3.05) is 6.54 Å². The molecule has 0 aromatic rings. The molecular formula is C10H21N. The largest absolute Gasteiger partial charge is 0.313 e. The predicted octanol–water partition coefficient (Wildman–Crippen LogP) is 2.56. The second kappa shape index (κ2) is 3.57. The van der Waals surface area contributed by atoms with E-state index in [1.165, 1.54) is 32.2 Å². The first kappa shape index (κ1) is 9.05. The molecule has 1 nitrogen and oxygen atoms in total. The summed E-state index contributed by atoms with van der Waals surface area (Å²) in [4.78, 5) is 0. The van der Waals surface area contributed by atoms with Gasteiger partial charge < -0.3 is 5.32 Å². The highest BCUT2D eigenvalue weighted by atomic mass is 15.0. The smallest absolute Gasteiger partial charge is 0.0108 e. The normalized spacial score (nSPS) is 32.5. The molecule has 0 aromatic carbocycles. The highest BCUT2D eigenvalue weighted by Crippen LogP contribution is 2.44. The van der Waals surface area contributed by atoms with E-state index in [2.05, 4.69) is 12.2 Å². The van der Waals surface area contributed by atoms with E-state index in [0.29, 0.717) is 0 Å². The van der Waals surface area contributed by atoms with E-state index in [1.54, 1.807) is 0 Å². The van der Waals surface area contributed by atoms with Gasteiger partial charge in [-0.25, -0.2) is 0 Å². The van der Waals surface area contributed by atoms with Crippen molar-refractivity contribution in [3.8, 4) is 0 Å². The van der Waals surface area contributed by atoms with Crippen LogP contribution in [-0.4, -0.2) is 12.6 Å². The lowest BCUT2D eigenvalue weighted by atomic mass is 9.73. The van der Waals surface area contributed by atoms with E-state index in [4.69, 9.17) is 0 Å². The van der Waals surface area contributed by atoms with Crippen molar-refractivity contribution in [3.63, 3.8) is 0 Å². The lowest BCUT2D eigenvalue weighted by Gasteiger charge is -2.46. The molecule has 1 heteroatoms. The molecule has 1 unspecified atom stereocenters. The van der Waals surface area contributed by atoms with Gasteiger partial charge in [-0.2, -0.15) is 0 Å². The van der Waals surface area contributed by atoms with Gasteiger partial charge in [0.15, 0.2) is 0 Å². The van der Waals surface area contributed by atoms with Gasteiger partial charge in [0.2, 0.25) is 0 Å². The molecule has 2 fully saturated rings. The van der Waals surface area contributed by atoms with Gasteiger partial charge in [0.05, 0.1) is 0 Å². The standard InChI is InChI=1S/C8H15N.C2H6/c1-7-8(6-9-7)4-2-3-5-8;1-2/h7,9H,2-6H2,1H3;1-2H3. The molecule has 1 N–H and O–H groups in total. The Bertz CT molecular complexity index is 114. The molecule has 1 heterocycles. The zero-order valence-electron chi connectivity index (χ0n) is 8.11. The fraction of sp³-hybridized carbons (Fsp3) is 1.00. The Hall–Kier alpha value is -0.0400. The summed E-state index contributed by atoms with van der Waals surface area (Å²) in [6.07, 6.45) is 5.93. The molecule has 0 bridgehead atoms. The fourth-order valence-corrected chi connectivity index (χ4v) is 2.28. The van der Waals surface area contributed by atoms with Crippen LogP contribution in [0.15, 0.2) is 0 Å². The van der Waals surface area contributed by atoms with Crippen LogP contribution < -0.4 is 5.32 Å². The molecule has 0 radical (unpaired) electrons. The SMILES string of the molecule is CC.CC1NCC12CCCC2. The third kappa shape index (κ3) is 1.44. The van der Waals surface area contributed by atoms with Gasteiger partial charge in [-0.15, -0.1) is 0 Å². The zero-order valence-corrected chi connectivity index (χ0v) is 8.11. The van der Waals surface area contributed by atoms with Crippen LogP contribution in [0.4, 0.5) is 0 Å². The second-order valence-electron chi connectivity index (χ2n) is 3.67. The average Bonchev–Trinajstić information content (AvgIpc) is 2.56. The number of hydrogen-bond donors (Lipinski definition) is 1. The van der Waals surface area contributed by atoms with E-state index < -0.39 is 0 Å². The van der Waals surface area contributed by atoms with E-state index in [1.807, 2.05) is 13.8 Å². The predicted molar refractivity (Wildman–Crippen MR) is 49.7 cm³/mol. The van der Waals surface area contributed by atoms with Crippen molar-refractivity contribution in [1.82, 2.24) is 5.32 Å². The van der Waals surface area contributed by atoms with Crippen LogP contribution in [0.5, 0.6) is 0 Å². The third-order valence-electron chi connectivity index (χ3n) is 3.28. The monoisotopic (exact) mass is 155 g/mol. The van der Waals surface area contributed by atoms with Crippen molar-refractivity contribution in [2.24, 2.45) is 5.41 Å². The molecule has 1 spiro atoms. The number of rotatable bonds is 0. The van der Waals surface area contributed by atoms with Gasteiger partial charge in [0, 0.05) is 12.6 Å². The highest BCUT2D eigenvalue weighted by Gasteiger charge is 2.45. The van der Waals surface area contributed by atoms with Gasteiger partial charge in [-0.05, 0) is 25.2 Å². The Balaban J connectivity index is 0.000000281. The Labute approximate surface area is 70.6 Å². The molecule has 11 heavy (non-hydrogen) atoms. The van der Waals surface area contributed by atoms with Crippen LogP contribution in [0, 0.1) is 5.41 Å². The summed E-state index contributed by atoms with van der Waals surface area (Å²) in [6, 6.07) is 0.819. The Morgan fingerprint density at radius 2 is 1.73 bits per heavy atom. The van der Waals surface area contributed by atoms with E-state index in [0.717, 1.165) is 11.5 Å². The quantitative estimate of drug-likeness (QED) is 0.567. The van der Waals surface area contributed by atoms with Gasteiger partial charge in [-0.3, -0.25) is 0 Å². The Morgan fingerprint density at radius 3 is 1.91 bits per heavy atom. The molecule has 1 atom stereocenters. The molecule has 1 aliphatic carbocycles. The molecule has 1 saturated carbocycles. The first-order valence-corrected chi connectivity index (χ1v) is 5.07. The highest BCUT2D eigenvalue weighted by molar-refractivity contribution is 5.01. The van der Waals surface area contributed by atoms with Crippen LogP contribution in [0.3, 0.4) is 0 Å². The molecular weight excluding hydrogens is 134 g/mol. The first-order chi connectivity index (χ1) is 5.33. The van der Waals surface area contributed by atoms with E-state index in [9.17, 15) is 0 Å². The summed E-state index contributed by atoms with van der Waals surface area (Å²) in [5.41, 5.74) is 0.764. The first-order valence-electron chi connectivity index (χ1n) is 5.07. The Kier molecular flexibility index (Phi) is 2.94. The second-order valence-corrected chi connectivity index (χ2v) is 3.67. The lowest BCUT2D eigenvalue weighted by Crippen LogP contribution is -2.59. The summed E-state index contributed by atoms with van der Waals surface area (Å²) < 4.78 is 0. The maximum Gasteiger partial charge on any atom is 0.0108 e. The van der Waals surface area contributed by atoms with Crippen molar-refractivity contribution in [2.45, 2.75) is 52.5 Å². The fourth-order valence-electron chi connectivity index (χ4n) is 2.28. The summed E-state index contributed by atoms with van der Waals surface area (Å²) in [7, 11) is 0. The average molecular weight is 155 g/mol. The van der Waals surface area contributed by atoms with Crippen LogP contribution in [0.2, 0.25) is 0 Å². The maximum absolute atomic E-state index is 3.44. The molecule has 66 valence electrons. The van der Waals surface area contributed by atoms with Crippen molar-refractivity contribution < 1.29 is 0 Å². The molecule has 1 saturated heterocycles. The van der Waals surface area contributed by atoms with Crippen molar-refractivity contribution in [3.05, 3.63) is 0 Å². The minimum Gasteiger partial charge on any atom is -0.313 e. The van der Waals surface area contributed by atoms with Crippen LogP contribution in [0.25, 0.3) is 0 Å².